The minimum Gasteiger partial charge on any atom is -0.497 e. The fraction of sp³-hybridized carbons (Fsp3) is 0.0526. The number of thioether (sulfide) groups is 1. The number of rotatable bonds is 3. The quantitative estimate of drug-likeness (QED) is 0.506. The number of methoxy groups -OCH3 is 1. The Labute approximate surface area is 159 Å². The zero-order valence-corrected chi connectivity index (χ0v) is 15.4. The number of thiocarbonyl (C=S) groups is 1. The van der Waals surface area contributed by atoms with Gasteiger partial charge in [-0.15, -0.1) is 0 Å². The van der Waals surface area contributed by atoms with E-state index in [0.29, 0.717) is 20.7 Å². The van der Waals surface area contributed by atoms with Crippen LogP contribution in [0.5, 0.6) is 5.75 Å². The summed E-state index contributed by atoms with van der Waals surface area (Å²) in [5.74, 6) is 0.529. The topological polar surface area (TPSA) is 55.3 Å². The number of aromatic nitrogens is 2. The number of nitrogens with zero attached hydrogens (tertiary/aromatic N) is 3. The fourth-order valence-corrected chi connectivity index (χ4v) is 3.96. The van der Waals surface area contributed by atoms with Crippen LogP contribution >= 0.6 is 24.0 Å². The van der Waals surface area contributed by atoms with Crippen molar-refractivity contribution in [3.05, 3.63) is 65.3 Å². The van der Waals surface area contributed by atoms with Gasteiger partial charge in [0.1, 0.15) is 5.75 Å². The summed E-state index contributed by atoms with van der Waals surface area (Å²) in [6.07, 6.45) is 5.13. The minimum absolute atomic E-state index is 0.146. The van der Waals surface area contributed by atoms with Crippen LogP contribution in [-0.2, 0) is 4.79 Å². The summed E-state index contributed by atoms with van der Waals surface area (Å²) >= 11 is 6.70. The van der Waals surface area contributed by atoms with Crippen LogP contribution in [0.4, 0.5) is 5.69 Å². The van der Waals surface area contributed by atoms with Crippen molar-refractivity contribution < 1.29 is 9.53 Å². The van der Waals surface area contributed by atoms with Crippen molar-refractivity contribution in [2.75, 3.05) is 12.0 Å². The highest BCUT2D eigenvalue weighted by Gasteiger charge is 2.33. The van der Waals surface area contributed by atoms with E-state index in [1.165, 1.54) is 16.7 Å². The molecule has 2 heterocycles. The number of ether oxygens (including phenoxy) is 1. The van der Waals surface area contributed by atoms with Crippen LogP contribution < -0.4 is 9.64 Å². The monoisotopic (exact) mass is 379 g/mol. The fourth-order valence-electron chi connectivity index (χ4n) is 2.66. The molecule has 1 aromatic heterocycles. The van der Waals surface area contributed by atoms with Gasteiger partial charge < -0.3 is 4.74 Å². The first-order chi connectivity index (χ1) is 12.7. The van der Waals surface area contributed by atoms with Gasteiger partial charge in [-0.25, -0.2) is 0 Å². The standard InChI is InChI=1S/C19H13N3O2S2/c1-24-14-4-2-3-13(11-14)22-18(23)17(26-19(22)25)10-12-5-6-15-16(9-12)21-8-7-20-15/h2-11H,1H3/b17-10+. The van der Waals surface area contributed by atoms with E-state index >= 15 is 0 Å². The van der Waals surface area contributed by atoms with E-state index in [9.17, 15) is 4.79 Å². The van der Waals surface area contributed by atoms with Gasteiger partial charge in [-0.3, -0.25) is 19.7 Å². The predicted molar refractivity (Wildman–Crippen MR) is 108 cm³/mol. The molecule has 1 saturated heterocycles. The first-order valence-electron chi connectivity index (χ1n) is 7.78. The summed E-state index contributed by atoms with van der Waals surface area (Å²) in [7, 11) is 1.59. The van der Waals surface area contributed by atoms with Crippen molar-refractivity contribution >= 4 is 57.0 Å². The number of carbonyl (C=O) groups excluding carboxylic acids is 1. The summed E-state index contributed by atoms with van der Waals surface area (Å²) in [4.78, 5) is 23.5. The molecule has 3 aromatic rings. The molecule has 4 rings (SSSR count). The molecule has 0 radical (unpaired) electrons. The zero-order chi connectivity index (χ0) is 18.1. The number of carbonyl (C=O) groups is 1. The Hall–Kier alpha value is -2.77. The van der Waals surface area contributed by atoms with Crippen LogP contribution in [0.3, 0.4) is 0 Å². The molecule has 1 aliphatic heterocycles. The average Bonchev–Trinajstić information content (AvgIpc) is 2.95. The van der Waals surface area contributed by atoms with Crippen molar-refractivity contribution in [1.29, 1.82) is 0 Å². The van der Waals surface area contributed by atoms with Gasteiger partial charge >= 0.3 is 0 Å². The Morgan fingerprint density at radius 2 is 1.92 bits per heavy atom. The molecule has 1 fully saturated rings. The zero-order valence-electron chi connectivity index (χ0n) is 13.7. The molecule has 2 aromatic carbocycles. The third kappa shape index (κ3) is 3.07. The van der Waals surface area contributed by atoms with Crippen LogP contribution in [0.15, 0.2) is 59.8 Å². The smallest absolute Gasteiger partial charge is 0.270 e. The van der Waals surface area contributed by atoms with Crippen molar-refractivity contribution in [1.82, 2.24) is 9.97 Å². The maximum atomic E-state index is 12.9. The van der Waals surface area contributed by atoms with Crippen LogP contribution in [0, 0.1) is 0 Å². The predicted octanol–water partition coefficient (Wildman–Crippen LogP) is 4.04. The molecule has 0 spiro atoms. The van der Waals surface area contributed by atoms with Gasteiger partial charge in [0.25, 0.3) is 5.91 Å². The second kappa shape index (κ2) is 6.86. The molecule has 7 heteroatoms. The Bertz CT molecular complexity index is 1070. The van der Waals surface area contributed by atoms with E-state index in [4.69, 9.17) is 17.0 Å². The first kappa shape index (κ1) is 16.7. The van der Waals surface area contributed by atoms with Gasteiger partial charge in [0, 0.05) is 18.5 Å². The SMILES string of the molecule is COc1cccc(N2C(=O)/C(=C\c3ccc4nccnc4c3)SC2=S)c1. The van der Waals surface area contributed by atoms with E-state index in [0.717, 1.165) is 16.6 Å². The summed E-state index contributed by atoms with van der Waals surface area (Å²) in [5, 5.41) is 0. The average molecular weight is 379 g/mol. The molecule has 5 nitrogen and oxygen atoms in total. The van der Waals surface area contributed by atoms with Gasteiger partial charge in [-0.1, -0.05) is 36.1 Å². The molecule has 0 saturated carbocycles. The summed E-state index contributed by atoms with van der Waals surface area (Å²) in [5.41, 5.74) is 3.17. The van der Waals surface area contributed by atoms with Crippen LogP contribution in [0.1, 0.15) is 5.56 Å². The van der Waals surface area contributed by atoms with Gasteiger partial charge in [0.05, 0.1) is 28.7 Å². The lowest BCUT2D eigenvalue weighted by Crippen LogP contribution is -2.27. The molecule has 0 N–H and O–H groups in total. The maximum absolute atomic E-state index is 12.9. The second-order valence-corrected chi connectivity index (χ2v) is 7.20. The Morgan fingerprint density at radius 3 is 2.73 bits per heavy atom. The molecule has 0 aliphatic carbocycles. The van der Waals surface area contributed by atoms with Crippen molar-refractivity contribution in [2.24, 2.45) is 0 Å². The minimum atomic E-state index is -0.146. The lowest BCUT2D eigenvalue weighted by atomic mass is 10.1. The lowest BCUT2D eigenvalue weighted by Gasteiger charge is -2.15. The Balaban J connectivity index is 1.68. The molecule has 128 valence electrons. The van der Waals surface area contributed by atoms with Gasteiger partial charge in [0.15, 0.2) is 4.32 Å². The highest BCUT2D eigenvalue weighted by Crippen LogP contribution is 2.37. The van der Waals surface area contributed by atoms with E-state index in [1.54, 1.807) is 25.6 Å². The highest BCUT2D eigenvalue weighted by molar-refractivity contribution is 8.27. The number of hydrogen-bond donors (Lipinski definition) is 0. The van der Waals surface area contributed by atoms with Crippen LogP contribution in [0.25, 0.3) is 17.1 Å². The number of fused-ring (bicyclic) bond motifs is 1. The van der Waals surface area contributed by atoms with Crippen LogP contribution in [0.2, 0.25) is 0 Å². The molecule has 0 bridgehead atoms. The maximum Gasteiger partial charge on any atom is 0.270 e. The van der Waals surface area contributed by atoms with Gasteiger partial charge in [0.2, 0.25) is 0 Å². The molecular formula is C19H13N3O2S2. The third-order valence-corrected chi connectivity index (χ3v) is 5.20. The highest BCUT2D eigenvalue weighted by atomic mass is 32.2. The van der Waals surface area contributed by atoms with Gasteiger partial charge in [-0.05, 0) is 35.9 Å². The van der Waals surface area contributed by atoms with Crippen molar-refractivity contribution in [2.45, 2.75) is 0 Å². The Morgan fingerprint density at radius 1 is 1.12 bits per heavy atom. The lowest BCUT2D eigenvalue weighted by molar-refractivity contribution is -0.113. The number of amides is 1. The number of benzene rings is 2. The van der Waals surface area contributed by atoms with Crippen LogP contribution in [-0.4, -0.2) is 27.3 Å². The van der Waals surface area contributed by atoms with E-state index in [2.05, 4.69) is 9.97 Å². The molecule has 0 unspecified atom stereocenters. The van der Waals surface area contributed by atoms with Crippen molar-refractivity contribution in [3.8, 4) is 5.75 Å². The first-order valence-corrected chi connectivity index (χ1v) is 9.01. The van der Waals surface area contributed by atoms with E-state index in [-0.39, 0.29) is 5.91 Å². The molecule has 26 heavy (non-hydrogen) atoms. The van der Waals surface area contributed by atoms with E-state index in [1.807, 2.05) is 42.5 Å². The second-order valence-electron chi connectivity index (χ2n) is 5.52. The third-order valence-electron chi connectivity index (χ3n) is 3.90. The molecule has 0 atom stereocenters. The number of hydrogen-bond acceptors (Lipinski definition) is 6. The molecule has 1 amide bonds. The normalized spacial score (nSPS) is 15.9. The van der Waals surface area contributed by atoms with Crippen molar-refractivity contribution in [3.63, 3.8) is 0 Å². The summed E-state index contributed by atoms with van der Waals surface area (Å²) in [6.45, 7) is 0. The molecule has 1 aliphatic rings. The summed E-state index contributed by atoms with van der Waals surface area (Å²) < 4.78 is 5.73. The molecular weight excluding hydrogens is 366 g/mol. The Kier molecular flexibility index (Phi) is 4.40. The number of anilines is 1. The van der Waals surface area contributed by atoms with E-state index < -0.39 is 0 Å². The summed E-state index contributed by atoms with van der Waals surface area (Å²) in [6, 6.07) is 13.0. The largest absolute Gasteiger partial charge is 0.497 e. The van der Waals surface area contributed by atoms with Gasteiger partial charge in [-0.2, -0.15) is 0 Å².